The van der Waals surface area contributed by atoms with E-state index in [4.69, 9.17) is 15.7 Å². The van der Waals surface area contributed by atoms with Crippen molar-refractivity contribution in [3.05, 3.63) is 11.1 Å². The Kier molecular flexibility index (Phi) is 7.06. The third-order valence-corrected chi connectivity index (χ3v) is 5.79. The van der Waals surface area contributed by atoms with Gasteiger partial charge in [-0.05, 0) is 13.8 Å². The summed E-state index contributed by atoms with van der Waals surface area (Å²) in [6.45, 7) is 2.32. The van der Waals surface area contributed by atoms with E-state index in [9.17, 15) is 32.1 Å². The lowest BCUT2D eigenvalue weighted by Gasteiger charge is -2.43. The molecule has 2 atom stereocenters. The molecule has 176 valence electrons. The van der Waals surface area contributed by atoms with Gasteiger partial charge in [0.05, 0.1) is 19.6 Å². The van der Waals surface area contributed by atoms with Crippen LogP contribution >= 0.6 is 11.3 Å². The third-order valence-electron chi connectivity index (χ3n) is 4.17. The molecule has 1 saturated heterocycles. The second-order valence-electron chi connectivity index (χ2n) is 6.83. The number of esters is 1. The summed E-state index contributed by atoms with van der Waals surface area (Å²) < 4.78 is 36.6. The van der Waals surface area contributed by atoms with Gasteiger partial charge >= 0.3 is 22.2 Å². The second-order valence-corrected chi connectivity index (χ2v) is 9.01. The number of nitrogens with two attached hydrogens (primary N) is 1. The largest absolute Gasteiger partial charge is 0.478 e. The van der Waals surface area contributed by atoms with Crippen LogP contribution in [0.3, 0.4) is 0 Å². The summed E-state index contributed by atoms with van der Waals surface area (Å²) in [6.07, 6.45) is -0.661. The van der Waals surface area contributed by atoms with Crippen LogP contribution in [0.5, 0.6) is 0 Å². The number of hydrogen-bond donors (Lipinski definition) is 4. The summed E-state index contributed by atoms with van der Waals surface area (Å²) in [7, 11) is -4.00. The molecule has 32 heavy (non-hydrogen) atoms. The molecule has 5 N–H and O–H groups in total. The molecule has 17 heteroatoms. The maximum absolute atomic E-state index is 12.8. The molecule has 0 aliphatic carbocycles. The van der Waals surface area contributed by atoms with Crippen molar-refractivity contribution in [3.63, 3.8) is 0 Å². The number of thiazole rings is 1. The number of nitrogens with one attached hydrogen (secondary N) is 1. The summed E-state index contributed by atoms with van der Waals surface area (Å²) >= 11 is 0.930. The van der Waals surface area contributed by atoms with Crippen LogP contribution in [-0.4, -0.2) is 81.6 Å². The number of β-lactam (4-membered cyclic amide) rings is 1. The second kappa shape index (κ2) is 9.05. The van der Waals surface area contributed by atoms with E-state index in [1.54, 1.807) is 0 Å². The molecule has 1 aromatic rings. The number of aliphatic carboxylic acids is 1. The molecule has 0 saturated carbocycles. The monoisotopic (exact) mass is 493 g/mol. The highest BCUT2D eigenvalue weighted by Gasteiger charge is 2.55. The van der Waals surface area contributed by atoms with Gasteiger partial charge in [-0.25, -0.2) is 14.1 Å². The number of carbonyl (C=O) groups excluding carboxylic acids is 3. The number of carboxylic acids is 1. The first-order valence-electron chi connectivity index (χ1n) is 8.58. The third kappa shape index (κ3) is 5.29. The van der Waals surface area contributed by atoms with Crippen LogP contribution in [-0.2, 0) is 39.1 Å². The van der Waals surface area contributed by atoms with Crippen molar-refractivity contribution in [2.45, 2.75) is 38.0 Å². The molecule has 15 nitrogen and oxygen atoms in total. The Hall–Kier alpha value is -3.31. The molecule has 2 rings (SSSR count). The van der Waals surface area contributed by atoms with E-state index in [-0.39, 0.29) is 15.1 Å². The number of nitrogen functional groups attached to an aromatic ring is 1. The van der Waals surface area contributed by atoms with Crippen LogP contribution in [0, 0.1) is 0 Å². The van der Waals surface area contributed by atoms with E-state index in [1.807, 2.05) is 0 Å². The van der Waals surface area contributed by atoms with Crippen molar-refractivity contribution in [3.8, 4) is 0 Å². The van der Waals surface area contributed by atoms with E-state index in [0.29, 0.717) is 0 Å². The van der Waals surface area contributed by atoms with Gasteiger partial charge in [0.15, 0.2) is 10.8 Å². The molecule has 0 spiro atoms. The Labute approximate surface area is 185 Å². The topological polar surface area (TPSA) is 228 Å². The van der Waals surface area contributed by atoms with E-state index in [0.717, 1.165) is 32.3 Å². The number of anilines is 1. The Morgan fingerprint density at radius 2 is 2.03 bits per heavy atom. The zero-order valence-electron chi connectivity index (χ0n) is 16.8. The quantitative estimate of drug-likeness (QED) is 0.0999. The minimum absolute atomic E-state index is 0.0244. The van der Waals surface area contributed by atoms with Crippen molar-refractivity contribution in [2.75, 3.05) is 12.8 Å². The zero-order chi connectivity index (χ0) is 24.4. The normalized spacial score (nSPS) is 19.2. The molecular formula is C15H19N5O10S2. The van der Waals surface area contributed by atoms with E-state index >= 15 is 0 Å². The average Bonchev–Trinajstić information content (AvgIpc) is 3.10. The molecule has 1 aromatic heterocycles. The van der Waals surface area contributed by atoms with Crippen LogP contribution in [0.1, 0.15) is 26.0 Å². The molecule has 1 fully saturated rings. The van der Waals surface area contributed by atoms with Gasteiger partial charge in [0.25, 0.3) is 11.8 Å². The van der Waals surface area contributed by atoms with Crippen molar-refractivity contribution < 1.29 is 46.8 Å². The van der Waals surface area contributed by atoms with Crippen molar-refractivity contribution in [1.29, 1.82) is 0 Å². The highest BCUT2D eigenvalue weighted by Crippen LogP contribution is 2.27. The number of rotatable bonds is 9. The van der Waals surface area contributed by atoms with Gasteiger partial charge < -0.3 is 25.7 Å². The SMILES string of the molecule is COC(=O)C[C@H]1[C@@H](NC(=O)C(=NOC(C)(C)C(=O)O)c2csc(N)n2)C(=O)N1S(=O)(=O)O. The summed E-state index contributed by atoms with van der Waals surface area (Å²) in [6, 6.07) is -3.04. The van der Waals surface area contributed by atoms with Gasteiger partial charge in [-0.2, -0.15) is 8.42 Å². The van der Waals surface area contributed by atoms with Gasteiger partial charge in [0, 0.05) is 5.38 Å². The molecule has 0 aromatic carbocycles. The van der Waals surface area contributed by atoms with Crippen LogP contribution < -0.4 is 11.1 Å². The number of aromatic nitrogens is 1. The number of hydrogen-bond acceptors (Lipinski definition) is 12. The molecule has 0 bridgehead atoms. The molecule has 1 aliphatic rings. The van der Waals surface area contributed by atoms with E-state index in [1.165, 1.54) is 5.38 Å². The lowest BCUT2D eigenvalue weighted by atomic mass is 9.95. The summed E-state index contributed by atoms with van der Waals surface area (Å²) in [5.41, 5.74) is 3.02. The number of ether oxygens (including phenoxy) is 1. The first-order chi connectivity index (χ1) is 14.7. The fourth-order valence-corrected chi connectivity index (χ4v) is 3.85. The van der Waals surface area contributed by atoms with Gasteiger partial charge in [-0.3, -0.25) is 18.9 Å². The fraction of sp³-hybridized carbons (Fsp3) is 0.467. The first-order valence-corrected chi connectivity index (χ1v) is 10.9. The summed E-state index contributed by atoms with van der Waals surface area (Å²) in [5.74, 6) is -4.64. The maximum atomic E-state index is 12.8. The molecule has 2 heterocycles. The van der Waals surface area contributed by atoms with Gasteiger partial charge in [0.1, 0.15) is 11.7 Å². The summed E-state index contributed by atoms with van der Waals surface area (Å²) in [4.78, 5) is 56.6. The van der Waals surface area contributed by atoms with Crippen LogP contribution in [0.2, 0.25) is 0 Å². The molecule has 1 aliphatic heterocycles. The number of methoxy groups -OCH3 is 1. The molecular weight excluding hydrogens is 474 g/mol. The maximum Gasteiger partial charge on any atom is 0.362 e. The van der Waals surface area contributed by atoms with E-state index in [2.05, 4.69) is 20.2 Å². The minimum Gasteiger partial charge on any atom is -0.478 e. The van der Waals surface area contributed by atoms with Crippen LogP contribution in [0.25, 0.3) is 0 Å². The molecule has 2 amide bonds. The van der Waals surface area contributed by atoms with E-state index < -0.39 is 63.9 Å². The highest BCUT2D eigenvalue weighted by molar-refractivity contribution is 7.84. The fourth-order valence-electron chi connectivity index (χ4n) is 2.43. The number of nitrogens with zero attached hydrogens (tertiary/aromatic N) is 3. The predicted molar refractivity (Wildman–Crippen MR) is 107 cm³/mol. The van der Waals surface area contributed by atoms with Gasteiger partial charge in [0.2, 0.25) is 5.60 Å². The predicted octanol–water partition coefficient (Wildman–Crippen LogP) is -1.63. The average molecular weight is 493 g/mol. The number of oxime groups is 1. The number of carboxylic acid groups (broad SMARTS) is 1. The zero-order valence-corrected chi connectivity index (χ0v) is 18.5. The van der Waals surface area contributed by atoms with Crippen molar-refractivity contribution >= 4 is 56.2 Å². The Morgan fingerprint density at radius 3 is 2.50 bits per heavy atom. The van der Waals surface area contributed by atoms with Crippen LogP contribution in [0.15, 0.2) is 10.5 Å². The first kappa shape index (κ1) is 25.0. The lowest BCUT2D eigenvalue weighted by Crippen LogP contribution is -2.72. The highest BCUT2D eigenvalue weighted by atomic mass is 32.2. The Balaban J connectivity index is 2.34. The van der Waals surface area contributed by atoms with Crippen molar-refractivity contribution in [1.82, 2.24) is 14.6 Å². The number of amides is 2. The Morgan fingerprint density at radius 1 is 1.41 bits per heavy atom. The minimum atomic E-state index is -5.02. The van der Waals surface area contributed by atoms with Crippen molar-refractivity contribution in [2.24, 2.45) is 5.16 Å². The van der Waals surface area contributed by atoms with Gasteiger partial charge in [-0.1, -0.05) is 5.16 Å². The molecule has 0 unspecified atom stereocenters. The number of carbonyl (C=O) groups is 4. The Bertz CT molecular complexity index is 1080. The lowest BCUT2D eigenvalue weighted by molar-refractivity contribution is -0.161. The summed E-state index contributed by atoms with van der Waals surface area (Å²) in [5, 5.41) is 16.2. The smallest absolute Gasteiger partial charge is 0.362 e. The standard InChI is InChI=1S/C15H19N5O10S2/c1-15(2,13(24)25)30-19-9(6-5-31-14(16)17-6)11(22)18-10-7(4-8(21)29-3)20(12(10)23)32(26,27)28/h5,7,10H,4H2,1-3H3,(H2,16,17)(H,18,22)(H,24,25)(H,26,27,28)/t7-,10+/m0/s1. The molecule has 0 radical (unpaired) electrons. The van der Waals surface area contributed by atoms with Crippen LogP contribution in [0.4, 0.5) is 5.13 Å². The van der Waals surface area contributed by atoms with Gasteiger partial charge in [-0.15, -0.1) is 11.3 Å².